The van der Waals surface area contributed by atoms with E-state index >= 15 is 0 Å². The summed E-state index contributed by atoms with van der Waals surface area (Å²) < 4.78 is 10.7. The quantitative estimate of drug-likeness (QED) is 0.745. The van der Waals surface area contributed by atoms with Gasteiger partial charge in [-0.15, -0.1) is 0 Å². The lowest BCUT2D eigenvalue weighted by Crippen LogP contribution is -2.27. The normalized spacial score (nSPS) is 16.0. The fourth-order valence-electron chi connectivity index (χ4n) is 3.85. The molecule has 0 saturated carbocycles. The minimum atomic E-state index is -0.204. The molecule has 1 N–H and O–H groups in total. The zero-order chi connectivity index (χ0) is 20.6. The van der Waals surface area contributed by atoms with E-state index < -0.39 is 0 Å². The Morgan fingerprint density at radius 1 is 1.00 bits per heavy atom. The topological polar surface area (TPSA) is 50.8 Å². The van der Waals surface area contributed by atoms with Crippen molar-refractivity contribution in [3.8, 4) is 11.5 Å². The number of nitrogens with zero attached hydrogens (tertiary/aromatic N) is 1. The smallest absolute Gasteiger partial charge is 0.251 e. The molecule has 1 fully saturated rings. The van der Waals surface area contributed by atoms with E-state index in [-0.39, 0.29) is 11.9 Å². The third-order valence-corrected chi connectivity index (χ3v) is 5.57. The average Bonchev–Trinajstić information content (AvgIpc) is 3.02. The van der Waals surface area contributed by atoms with Crippen LogP contribution in [0.5, 0.6) is 11.5 Å². The lowest BCUT2D eigenvalue weighted by molar-refractivity contribution is 0.0939. The molecule has 0 unspecified atom stereocenters. The number of methoxy groups -OCH3 is 2. The van der Waals surface area contributed by atoms with Gasteiger partial charge in [0.05, 0.1) is 20.3 Å². The van der Waals surface area contributed by atoms with E-state index in [1.807, 2.05) is 37.3 Å². The van der Waals surface area contributed by atoms with Crippen LogP contribution in [-0.4, -0.2) is 38.1 Å². The second-order valence-electron chi connectivity index (χ2n) is 7.69. The van der Waals surface area contributed by atoms with E-state index in [0.717, 1.165) is 23.6 Å². The highest BCUT2D eigenvalue weighted by Gasteiger charge is 2.16. The van der Waals surface area contributed by atoms with Crippen LogP contribution in [0.15, 0.2) is 42.5 Å². The Morgan fingerprint density at radius 2 is 1.69 bits per heavy atom. The summed E-state index contributed by atoms with van der Waals surface area (Å²) in [6.07, 6.45) is 5.25. The molecule has 0 bridgehead atoms. The predicted molar refractivity (Wildman–Crippen MR) is 116 cm³/mol. The van der Waals surface area contributed by atoms with Crippen molar-refractivity contribution >= 4 is 5.91 Å². The van der Waals surface area contributed by atoms with Gasteiger partial charge in [-0.25, -0.2) is 0 Å². The third-order valence-electron chi connectivity index (χ3n) is 5.57. The molecular formula is C24H32N2O3. The first-order valence-corrected chi connectivity index (χ1v) is 10.4. The number of benzene rings is 2. The number of carbonyl (C=O) groups excluding carboxylic acids is 1. The van der Waals surface area contributed by atoms with E-state index in [0.29, 0.717) is 5.56 Å². The maximum atomic E-state index is 12.7. The van der Waals surface area contributed by atoms with Crippen LogP contribution in [-0.2, 0) is 6.54 Å². The second kappa shape index (κ2) is 10.3. The summed E-state index contributed by atoms with van der Waals surface area (Å²) in [6.45, 7) is 5.24. The van der Waals surface area contributed by atoms with Crippen molar-refractivity contribution in [1.29, 1.82) is 0 Å². The van der Waals surface area contributed by atoms with Gasteiger partial charge in [0, 0.05) is 17.7 Å². The summed E-state index contributed by atoms with van der Waals surface area (Å²) in [5, 5.41) is 3.06. The van der Waals surface area contributed by atoms with E-state index in [1.165, 1.54) is 44.3 Å². The molecule has 0 spiro atoms. The Morgan fingerprint density at radius 3 is 2.31 bits per heavy atom. The lowest BCUT2D eigenvalue weighted by atomic mass is 10.1. The highest BCUT2D eigenvalue weighted by Crippen LogP contribution is 2.29. The predicted octanol–water partition coefficient (Wildman–Crippen LogP) is 4.57. The molecule has 1 amide bonds. The monoisotopic (exact) mass is 396 g/mol. The van der Waals surface area contributed by atoms with E-state index in [4.69, 9.17) is 9.47 Å². The van der Waals surface area contributed by atoms with Crippen LogP contribution < -0.4 is 14.8 Å². The standard InChI is InChI=1S/C24H32N2O3/c1-18(22-16-21(28-2)12-13-23(22)29-3)25-24(27)20-10-8-19(9-11-20)17-26-14-6-4-5-7-15-26/h8-13,16,18H,4-7,14-15,17H2,1-3H3,(H,25,27)/t18-/m0/s1. The van der Waals surface area contributed by atoms with Crippen molar-refractivity contribution in [2.45, 2.75) is 45.2 Å². The van der Waals surface area contributed by atoms with Gasteiger partial charge >= 0.3 is 0 Å². The highest BCUT2D eigenvalue weighted by atomic mass is 16.5. The summed E-state index contributed by atoms with van der Waals surface area (Å²) in [5.41, 5.74) is 2.81. The Bertz CT molecular complexity index is 796. The number of amides is 1. The zero-order valence-electron chi connectivity index (χ0n) is 17.7. The van der Waals surface area contributed by atoms with Crippen LogP contribution in [0.3, 0.4) is 0 Å². The second-order valence-corrected chi connectivity index (χ2v) is 7.69. The summed E-state index contributed by atoms with van der Waals surface area (Å²) >= 11 is 0. The fourth-order valence-corrected chi connectivity index (χ4v) is 3.85. The molecule has 0 aromatic heterocycles. The molecule has 1 aliphatic heterocycles. The number of rotatable bonds is 7. The molecule has 2 aromatic rings. The molecule has 29 heavy (non-hydrogen) atoms. The first-order chi connectivity index (χ1) is 14.1. The molecule has 1 atom stereocenters. The molecular weight excluding hydrogens is 364 g/mol. The van der Waals surface area contributed by atoms with Crippen molar-refractivity contribution < 1.29 is 14.3 Å². The summed E-state index contributed by atoms with van der Waals surface area (Å²) in [7, 11) is 3.25. The van der Waals surface area contributed by atoms with Crippen molar-refractivity contribution in [3.05, 3.63) is 59.2 Å². The van der Waals surface area contributed by atoms with Gasteiger partial charge in [-0.3, -0.25) is 9.69 Å². The number of nitrogens with one attached hydrogen (secondary N) is 1. The van der Waals surface area contributed by atoms with Gasteiger partial charge in [-0.2, -0.15) is 0 Å². The van der Waals surface area contributed by atoms with Crippen molar-refractivity contribution in [3.63, 3.8) is 0 Å². The van der Waals surface area contributed by atoms with E-state index in [2.05, 4.69) is 22.3 Å². The first kappa shape index (κ1) is 21.2. The Labute approximate surface area is 174 Å². The fraction of sp³-hybridized carbons (Fsp3) is 0.458. The molecule has 1 heterocycles. The minimum Gasteiger partial charge on any atom is -0.497 e. The van der Waals surface area contributed by atoms with Crippen LogP contribution in [0.25, 0.3) is 0 Å². The van der Waals surface area contributed by atoms with Crippen molar-refractivity contribution in [2.24, 2.45) is 0 Å². The maximum Gasteiger partial charge on any atom is 0.251 e. The third kappa shape index (κ3) is 5.73. The lowest BCUT2D eigenvalue weighted by Gasteiger charge is -2.20. The van der Waals surface area contributed by atoms with E-state index in [1.54, 1.807) is 14.2 Å². The molecule has 0 radical (unpaired) electrons. The Hall–Kier alpha value is -2.53. The molecule has 2 aromatic carbocycles. The molecule has 5 nitrogen and oxygen atoms in total. The maximum absolute atomic E-state index is 12.7. The van der Waals surface area contributed by atoms with Gasteiger partial charge < -0.3 is 14.8 Å². The number of hydrogen-bond acceptors (Lipinski definition) is 4. The SMILES string of the molecule is COc1ccc(OC)c([C@H](C)NC(=O)c2ccc(CN3CCCCCC3)cc2)c1. The van der Waals surface area contributed by atoms with Gasteiger partial charge in [0.1, 0.15) is 11.5 Å². The van der Waals surface area contributed by atoms with Crippen molar-refractivity contribution in [1.82, 2.24) is 10.2 Å². The summed E-state index contributed by atoms with van der Waals surface area (Å²) in [6, 6.07) is 13.4. The van der Waals surface area contributed by atoms with Crippen LogP contribution in [0.4, 0.5) is 0 Å². The molecule has 1 saturated heterocycles. The number of hydrogen-bond donors (Lipinski definition) is 1. The van der Waals surface area contributed by atoms with E-state index in [9.17, 15) is 4.79 Å². The first-order valence-electron chi connectivity index (χ1n) is 10.4. The number of ether oxygens (including phenoxy) is 2. The Balaban J connectivity index is 1.63. The van der Waals surface area contributed by atoms with Gasteiger partial charge in [-0.05, 0) is 68.8 Å². The number of likely N-dealkylation sites (tertiary alicyclic amines) is 1. The van der Waals surface area contributed by atoms with Gasteiger partial charge in [0.2, 0.25) is 0 Å². The zero-order valence-corrected chi connectivity index (χ0v) is 17.7. The van der Waals surface area contributed by atoms with Crippen LogP contribution in [0, 0.1) is 0 Å². The van der Waals surface area contributed by atoms with Gasteiger partial charge in [-0.1, -0.05) is 25.0 Å². The Kier molecular flexibility index (Phi) is 7.53. The number of carbonyl (C=O) groups is 1. The minimum absolute atomic E-state index is 0.0938. The molecule has 0 aliphatic carbocycles. The van der Waals surface area contributed by atoms with Gasteiger partial charge in [0.15, 0.2) is 0 Å². The highest BCUT2D eigenvalue weighted by molar-refractivity contribution is 5.94. The summed E-state index contributed by atoms with van der Waals surface area (Å²) in [5.74, 6) is 1.37. The summed E-state index contributed by atoms with van der Waals surface area (Å²) in [4.78, 5) is 15.2. The van der Waals surface area contributed by atoms with Crippen LogP contribution in [0.2, 0.25) is 0 Å². The van der Waals surface area contributed by atoms with Gasteiger partial charge in [0.25, 0.3) is 5.91 Å². The van der Waals surface area contributed by atoms with Crippen LogP contribution in [0.1, 0.15) is 60.1 Å². The molecule has 5 heteroatoms. The average molecular weight is 397 g/mol. The largest absolute Gasteiger partial charge is 0.497 e. The van der Waals surface area contributed by atoms with Crippen molar-refractivity contribution in [2.75, 3.05) is 27.3 Å². The molecule has 1 aliphatic rings. The molecule has 156 valence electrons. The van der Waals surface area contributed by atoms with Crippen LogP contribution >= 0.6 is 0 Å². The molecule has 3 rings (SSSR count).